The van der Waals surface area contributed by atoms with E-state index >= 15 is 0 Å². The second-order valence-corrected chi connectivity index (χ2v) is 19.5. The van der Waals surface area contributed by atoms with Crippen LogP contribution in [0.3, 0.4) is 0 Å². The molecule has 7 aliphatic rings. The van der Waals surface area contributed by atoms with Crippen LogP contribution in [0.4, 0.5) is 0 Å². The van der Waals surface area contributed by atoms with Crippen LogP contribution >= 0.6 is 0 Å². The Hall–Kier alpha value is -2.25. The first-order chi connectivity index (χ1) is 29.9. The molecule has 15 heteroatoms. The quantitative estimate of drug-likeness (QED) is 0.192. The predicted molar refractivity (Wildman–Crippen MR) is 228 cm³/mol. The maximum Gasteiger partial charge on any atom is 0.316 e. The number of hydrogen-bond acceptors (Lipinski definition) is 15. The van der Waals surface area contributed by atoms with Gasteiger partial charge >= 0.3 is 5.97 Å². The summed E-state index contributed by atoms with van der Waals surface area (Å²) in [5.74, 6) is -3.83. The van der Waals surface area contributed by atoms with E-state index in [9.17, 15) is 25.2 Å². The van der Waals surface area contributed by atoms with Crippen molar-refractivity contribution in [1.29, 1.82) is 0 Å². The Morgan fingerprint density at radius 3 is 2.30 bits per heavy atom. The van der Waals surface area contributed by atoms with E-state index in [-0.39, 0.29) is 49.1 Å². The zero-order valence-electron chi connectivity index (χ0n) is 38.8. The maximum absolute atomic E-state index is 14.4. The van der Waals surface area contributed by atoms with Gasteiger partial charge in [0.25, 0.3) is 0 Å². The Bertz CT molecular complexity index is 1710. The van der Waals surface area contributed by atoms with Gasteiger partial charge in [-0.1, -0.05) is 58.4 Å². The van der Waals surface area contributed by atoms with E-state index in [4.69, 9.17) is 47.4 Å². The van der Waals surface area contributed by atoms with E-state index in [0.717, 1.165) is 12.0 Å². The summed E-state index contributed by atoms with van der Waals surface area (Å²) in [6, 6.07) is 0. The van der Waals surface area contributed by atoms with Gasteiger partial charge in [0, 0.05) is 58.2 Å². The van der Waals surface area contributed by atoms with Crippen LogP contribution in [0.1, 0.15) is 100 Å². The largest absolute Gasteiger partial charge is 0.494 e. The van der Waals surface area contributed by atoms with Crippen LogP contribution in [-0.2, 0) is 52.2 Å². The molecule has 63 heavy (non-hydrogen) atoms. The fourth-order valence-electron chi connectivity index (χ4n) is 11.0. The van der Waals surface area contributed by atoms with Crippen molar-refractivity contribution in [3.8, 4) is 0 Å². The van der Waals surface area contributed by atoms with Crippen molar-refractivity contribution < 1.29 is 72.6 Å². The highest BCUT2D eigenvalue weighted by Crippen LogP contribution is 2.50. The Labute approximate surface area is 373 Å². The predicted octanol–water partition coefficient (Wildman–Crippen LogP) is 4.78. The second kappa shape index (κ2) is 19.9. The molecule has 1 aliphatic carbocycles. The molecule has 0 aromatic rings. The van der Waals surface area contributed by atoms with Gasteiger partial charge in [-0.25, -0.2) is 0 Å². The molecular weight excluding hydrogens is 817 g/mol. The summed E-state index contributed by atoms with van der Waals surface area (Å²) in [4.78, 5) is 14.4. The van der Waals surface area contributed by atoms with Crippen LogP contribution < -0.4 is 0 Å². The highest BCUT2D eigenvalue weighted by atomic mass is 16.7. The number of methoxy groups -OCH3 is 2. The van der Waals surface area contributed by atoms with Crippen LogP contribution in [-0.4, -0.2) is 144 Å². The average molecular weight is 891 g/mol. The highest BCUT2D eigenvalue weighted by molar-refractivity contribution is 5.78. The van der Waals surface area contributed by atoms with Gasteiger partial charge in [-0.3, -0.25) is 4.79 Å². The molecular formula is C48H74O15. The van der Waals surface area contributed by atoms with Gasteiger partial charge in [0.2, 0.25) is 0 Å². The van der Waals surface area contributed by atoms with Gasteiger partial charge in [-0.05, 0) is 57.3 Å². The van der Waals surface area contributed by atoms with Gasteiger partial charge in [-0.2, -0.15) is 0 Å². The van der Waals surface area contributed by atoms with E-state index in [2.05, 4.69) is 19.9 Å². The molecule has 21 unspecified atom stereocenters. The van der Waals surface area contributed by atoms with Crippen molar-refractivity contribution in [1.82, 2.24) is 0 Å². The third-order valence-electron chi connectivity index (χ3n) is 15.1. The van der Waals surface area contributed by atoms with Crippen molar-refractivity contribution in [3.05, 3.63) is 47.3 Å². The zero-order valence-corrected chi connectivity index (χ0v) is 38.8. The number of carbonyl (C=O) groups is 1. The summed E-state index contributed by atoms with van der Waals surface area (Å²) < 4.78 is 63.6. The van der Waals surface area contributed by atoms with E-state index in [1.165, 1.54) is 0 Å². The van der Waals surface area contributed by atoms with Gasteiger partial charge in [0.1, 0.15) is 35.6 Å². The number of allylic oxidation sites excluding steroid dienone is 2. The number of aliphatic hydroxyl groups is 4. The molecule has 356 valence electrons. The van der Waals surface area contributed by atoms with Crippen molar-refractivity contribution in [2.45, 2.75) is 198 Å². The minimum absolute atomic E-state index is 0.0161. The molecule has 0 amide bonds. The normalized spacial score (nSPS) is 47.7. The topological polar surface area (TPSA) is 190 Å². The van der Waals surface area contributed by atoms with E-state index in [1.807, 2.05) is 33.8 Å². The van der Waals surface area contributed by atoms with Crippen LogP contribution in [0.2, 0.25) is 0 Å². The summed E-state index contributed by atoms with van der Waals surface area (Å²) in [5, 5.41) is 45.8. The molecule has 1 spiro atoms. The monoisotopic (exact) mass is 891 g/mol. The standard InChI is InChI=1S/C48H74O15/c1-11-24(2)44-28(6)35(49)22-47(63-44)21-32-18-31(62-47)16-15-26(4)43(25(3)13-12-14-38-48(53)33(46(52)59-32)17-27(5)41(50)34(48)23-56-38)60-40-20-37(55-10)45(30(8)58-40)61-39-19-36(54-9)42(51)29(7)57-39/h12-15,17,24-25,28-37,39-45,49-51,53H,11,16,18-23H2,1-10H3. The first-order valence-corrected chi connectivity index (χ1v) is 23.3. The molecule has 2 bridgehead atoms. The fraction of sp³-hybridized carbons (Fsp3) is 0.812. The smallest absolute Gasteiger partial charge is 0.316 e. The number of carbonyl (C=O) groups excluding carboxylic acids is 1. The number of ether oxygens (including phenoxy) is 10. The van der Waals surface area contributed by atoms with Gasteiger partial charge in [-0.15, -0.1) is 0 Å². The Morgan fingerprint density at radius 2 is 1.59 bits per heavy atom. The molecule has 7 rings (SSSR count). The SMILES string of the molecule is CCC(C)C1OC2(CC3CC(CC=C(C)C(OC4CC(OC)C(OC5CC(OC)C(O)C(C)O5)C(C)O4)C(C)C=CC=C4OCC5C(O)C(C)=CC(C(=O)O3)C45O)O2)CC(O)C1C. The first-order valence-electron chi connectivity index (χ1n) is 23.3. The molecule has 21 atom stereocenters. The Balaban J connectivity index is 1.19. The maximum atomic E-state index is 14.4. The summed E-state index contributed by atoms with van der Waals surface area (Å²) in [5.41, 5.74) is -0.386. The molecule has 0 aromatic heterocycles. The molecule has 0 radical (unpaired) electrons. The minimum atomic E-state index is -1.87. The minimum Gasteiger partial charge on any atom is -0.494 e. The molecule has 5 saturated heterocycles. The molecule has 4 N–H and O–H groups in total. The van der Waals surface area contributed by atoms with E-state index in [1.54, 1.807) is 46.3 Å². The third-order valence-corrected chi connectivity index (χ3v) is 15.1. The molecule has 0 saturated carbocycles. The molecule has 6 heterocycles. The highest BCUT2D eigenvalue weighted by Gasteiger charge is 2.61. The van der Waals surface area contributed by atoms with Crippen molar-refractivity contribution >= 4 is 5.97 Å². The third kappa shape index (κ3) is 9.92. The lowest BCUT2D eigenvalue weighted by Crippen LogP contribution is -2.59. The van der Waals surface area contributed by atoms with Crippen LogP contribution in [0.15, 0.2) is 47.3 Å². The molecule has 6 aliphatic heterocycles. The number of hydrogen-bond donors (Lipinski definition) is 4. The van der Waals surface area contributed by atoms with E-state index in [0.29, 0.717) is 31.3 Å². The summed E-state index contributed by atoms with van der Waals surface area (Å²) >= 11 is 0. The lowest BCUT2D eigenvalue weighted by Gasteiger charge is -2.52. The molecule has 5 fully saturated rings. The van der Waals surface area contributed by atoms with Gasteiger partial charge < -0.3 is 67.8 Å². The van der Waals surface area contributed by atoms with Crippen molar-refractivity contribution in [3.63, 3.8) is 0 Å². The number of aliphatic hydroxyl groups excluding tert-OH is 3. The second-order valence-electron chi connectivity index (χ2n) is 19.5. The summed E-state index contributed by atoms with van der Waals surface area (Å²) in [7, 11) is 3.20. The van der Waals surface area contributed by atoms with Crippen LogP contribution in [0.5, 0.6) is 0 Å². The average Bonchev–Trinajstić information content (AvgIpc) is 3.59. The summed E-state index contributed by atoms with van der Waals surface area (Å²) in [6.07, 6.45) is 3.97. The van der Waals surface area contributed by atoms with E-state index < -0.39 is 109 Å². The molecule has 15 nitrogen and oxygen atoms in total. The lowest BCUT2D eigenvalue weighted by atomic mass is 9.68. The van der Waals surface area contributed by atoms with Crippen LogP contribution in [0.25, 0.3) is 0 Å². The Kier molecular flexibility index (Phi) is 15.4. The fourth-order valence-corrected chi connectivity index (χ4v) is 11.0. The number of fused-ring (bicyclic) bond motifs is 2. The Morgan fingerprint density at radius 1 is 0.889 bits per heavy atom. The molecule has 0 aromatic carbocycles. The first kappa shape index (κ1) is 48.7. The zero-order chi connectivity index (χ0) is 45.5. The van der Waals surface area contributed by atoms with Gasteiger partial charge in [0.05, 0.1) is 67.5 Å². The number of esters is 1. The lowest BCUT2D eigenvalue weighted by molar-refractivity contribution is -0.354. The van der Waals surface area contributed by atoms with Crippen molar-refractivity contribution in [2.75, 3.05) is 20.8 Å². The van der Waals surface area contributed by atoms with Crippen molar-refractivity contribution in [2.24, 2.45) is 29.6 Å². The van der Waals surface area contributed by atoms with Gasteiger partial charge in [0.15, 0.2) is 18.4 Å². The number of rotatable bonds is 8. The summed E-state index contributed by atoms with van der Waals surface area (Å²) in [6.45, 7) is 15.7. The van der Waals surface area contributed by atoms with Crippen LogP contribution in [0, 0.1) is 29.6 Å².